The van der Waals surface area contributed by atoms with Crippen LogP contribution in [0.5, 0.6) is 5.75 Å². The largest absolute Gasteiger partial charge is 0.487 e. The molecule has 0 saturated carbocycles. The van der Waals surface area contributed by atoms with Crippen LogP contribution in [0.3, 0.4) is 0 Å². The number of aliphatic hydroxyl groups is 1. The van der Waals surface area contributed by atoms with Crippen LogP contribution >= 0.6 is 0 Å². The highest BCUT2D eigenvalue weighted by Gasteiger charge is 2.39. The highest BCUT2D eigenvalue weighted by molar-refractivity contribution is 5.38. The molecule has 2 rings (SSSR count). The predicted molar refractivity (Wildman–Crippen MR) is 59.8 cm³/mol. The smallest absolute Gasteiger partial charge is 0.128 e. The van der Waals surface area contributed by atoms with Gasteiger partial charge in [-0.3, -0.25) is 0 Å². The second kappa shape index (κ2) is 3.74. The maximum Gasteiger partial charge on any atom is 0.128 e. The summed E-state index contributed by atoms with van der Waals surface area (Å²) in [5.41, 5.74) is 0.250. The molecule has 0 radical (unpaired) electrons. The van der Waals surface area contributed by atoms with Gasteiger partial charge in [0, 0.05) is 18.1 Å². The van der Waals surface area contributed by atoms with Crippen molar-refractivity contribution in [1.29, 1.82) is 0 Å². The van der Waals surface area contributed by atoms with Gasteiger partial charge in [-0.05, 0) is 25.0 Å². The van der Waals surface area contributed by atoms with Gasteiger partial charge in [0.2, 0.25) is 0 Å². The molecule has 0 amide bonds. The first-order valence-electron chi connectivity index (χ1n) is 5.59. The van der Waals surface area contributed by atoms with Crippen LogP contribution < -0.4 is 4.74 Å². The summed E-state index contributed by atoms with van der Waals surface area (Å²) in [4.78, 5) is 0. The van der Waals surface area contributed by atoms with Gasteiger partial charge >= 0.3 is 0 Å². The molecule has 3 heteroatoms. The van der Waals surface area contributed by atoms with Crippen LogP contribution in [0.15, 0.2) is 18.2 Å². The van der Waals surface area contributed by atoms with E-state index in [0.717, 1.165) is 0 Å². The van der Waals surface area contributed by atoms with Gasteiger partial charge in [0.05, 0.1) is 6.10 Å². The quantitative estimate of drug-likeness (QED) is 0.794. The fourth-order valence-corrected chi connectivity index (χ4v) is 2.01. The highest BCUT2D eigenvalue weighted by Crippen LogP contribution is 2.42. The van der Waals surface area contributed by atoms with Crippen molar-refractivity contribution in [3.63, 3.8) is 0 Å². The van der Waals surface area contributed by atoms with E-state index in [1.165, 1.54) is 12.1 Å². The van der Waals surface area contributed by atoms with E-state index >= 15 is 0 Å². The zero-order chi connectivity index (χ0) is 11.9. The SMILES string of the molecule is CC(C)C1(C)C[C@H](O)c2ccc(F)cc2O1. The van der Waals surface area contributed by atoms with Gasteiger partial charge in [-0.15, -0.1) is 0 Å². The summed E-state index contributed by atoms with van der Waals surface area (Å²) in [6.07, 6.45) is -0.0275. The summed E-state index contributed by atoms with van der Waals surface area (Å²) >= 11 is 0. The Morgan fingerprint density at radius 1 is 1.50 bits per heavy atom. The zero-order valence-electron chi connectivity index (χ0n) is 9.83. The summed E-state index contributed by atoms with van der Waals surface area (Å²) in [6, 6.07) is 4.29. The van der Waals surface area contributed by atoms with Crippen LogP contribution in [0.25, 0.3) is 0 Å². The minimum absolute atomic E-state index is 0.263. The number of fused-ring (bicyclic) bond motifs is 1. The van der Waals surface area contributed by atoms with E-state index in [2.05, 4.69) is 0 Å². The molecule has 1 aliphatic heterocycles. The molecular formula is C13H17FO2. The number of halogens is 1. The summed E-state index contributed by atoms with van der Waals surface area (Å²) in [5.74, 6) is 0.396. The van der Waals surface area contributed by atoms with E-state index < -0.39 is 11.7 Å². The first-order chi connectivity index (χ1) is 7.42. The Kier molecular flexibility index (Phi) is 2.66. The fourth-order valence-electron chi connectivity index (χ4n) is 2.01. The molecule has 1 heterocycles. The molecule has 0 aliphatic carbocycles. The normalized spacial score (nSPS) is 28.8. The standard InChI is InChI=1S/C13H17FO2/c1-8(2)13(3)7-11(15)10-5-4-9(14)6-12(10)16-13/h4-6,8,11,15H,7H2,1-3H3/t11-,13?/m0/s1. The summed E-state index contributed by atoms with van der Waals surface area (Å²) in [7, 11) is 0. The summed E-state index contributed by atoms with van der Waals surface area (Å²) in [6.45, 7) is 6.03. The van der Waals surface area contributed by atoms with E-state index in [1.54, 1.807) is 6.07 Å². The summed E-state index contributed by atoms with van der Waals surface area (Å²) < 4.78 is 18.9. The Bertz CT molecular complexity index is 403. The molecule has 1 unspecified atom stereocenters. The maximum atomic E-state index is 13.1. The molecule has 1 aliphatic rings. The Labute approximate surface area is 95.1 Å². The van der Waals surface area contributed by atoms with Crippen molar-refractivity contribution in [2.45, 2.75) is 38.9 Å². The van der Waals surface area contributed by atoms with Gasteiger partial charge in [0.1, 0.15) is 17.2 Å². The lowest BCUT2D eigenvalue weighted by Gasteiger charge is -2.41. The number of hydrogen-bond donors (Lipinski definition) is 1. The van der Waals surface area contributed by atoms with Crippen LogP contribution in [0, 0.1) is 11.7 Å². The van der Waals surface area contributed by atoms with E-state index in [4.69, 9.17) is 4.74 Å². The Morgan fingerprint density at radius 3 is 2.81 bits per heavy atom. The van der Waals surface area contributed by atoms with Gasteiger partial charge in [-0.25, -0.2) is 4.39 Å². The van der Waals surface area contributed by atoms with Crippen molar-refractivity contribution in [1.82, 2.24) is 0 Å². The molecule has 0 fully saturated rings. The van der Waals surface area contributed by atoms with Crippen LogP contribution in [0.4, 0.5) is 4.39 Å². The minimum atomic E-state index is -0.572. The highest BCUT2D eigenvalue weighted by atomic mass is 19.1. The van der Waals surface area contributed by atoms with E-state index in [0.29, 0.717) is 17.7 Å². The Balaban J connectivity index is 2.42. The Morgan fingerprint density at radius 2 is 2.19 bits per heavy atom. The van der Waals surface area contributed by atoms with Crippen LogP contribution in [-0.4, -0.2) is 10.7 Å². The molecule has 0 spiro atoms. The molecule has 1 aromatic carbocycles. The van der Waals surface area contributed by atoms with Crippen molar-refractivity contribution >= 4 is 0 Å². The van der Waals surface area contributed by atoms with Crippen LogP contribution in [-0.2, 0) is 0 Å². The second-order valence-electron chi connectivity index (χ2n) is 4.97. The molecule has 88 valence electrons. The number of rotatable bonds is 1. The number of benzene rings is 1. The third-order valence-electron chi connectivity index (χ3n) is 3.50. The molecule has 0 bridgehead atoms. The Hall–Kier alpha value is -1.09. The molecule has 0 saturated heterocycles. The fraction of sp³-hybridized carbons (Fsp3) is 0.538. The summed E-state index contributed by atoms with van der Waals surface area (Å²) in [5, 5.41) is 10.0. The molecular weight excluding hydrogens is 207 g/mol. The number of ether oxygens (including phenoxy) is 1. The lowest BCUT2D eigenvalue weighted by Crippen LogP contribution is -2.42. The van der Waals surface area contributed by atoms with Crippen molar-refractivity contribution in [3.8, 4) is 5.75 Å². The van der Waals surface area contributed by atoms with Crippen molar-refractivity contribution in [2.75, 3.05) is 0 Å². The van der Waals surface area contributed by atoms with Gasteiger partial charge in [0.15, 0.2) is 0 Å². The first-order valence-corrected chi connectivity index (χ1v) is 5.59. The topological polar surface area (TPSA) is 29.5 Å². The third kappa shape index (κ3) is 1.80. The molecule has 2 atom stereocenters. The first kappa shape index (κ1) is 11.4. The van der Waals surface area contributed by atoms with E-state index in [-0.39, 0.29) is 11.7 Å². The molecule has 1 aromatic rings. The van der Waals surface area contributed by atoms with E-state index in [1.807, 2.05) is 20.8 Å². The van der Waals surface area contributed by atoms with Gasteiger partial charge in [0.25, 0.3) is 0 Å². The molecule has 0 aromatic heterocycles. The lowest BCUT2D eigenvalue weighted by atomic mass is 9.82. The van der Waals surface area contributed by atoms with Crippen molar-refractivity contribution in [2.24, 2.45) is 5.92 Å². The molecule has 1 N–H and O–H groups in total. The molecule has 2 nitrogen and oxygen atoms in total. The third-order valence-corrected chi connectivity index (χ3v) is 3.50. The number of hydrogen-bond acceptors (Lipinski definition) is 2. The number of aliphatic hydroxyl groups excluding tert-OH is 1. The average molecular weight is 224 g/mol. The van der Waals surface area contributed by atoms with Gasteiger partial charge < -0.3 is 9.84 Å². The van der Waals surface area contributed by atoms with Gasteiger partial charge in [-0.2, -0.15) is 0 Å². The zero-order valence-corrected chi connectivity index (χ0v) is 9.83. The van der Waals surface area contributed by atoms with E-state index in [9.17, 15) is 9.50 Å². The van der Waals surface area contributed by atoms with Crippen LogP contribution in [0.1, 0.15) is 38.9 Å². The second-order valence-corrected chi connectivity index (χ2v) is 4.97. The molecule has 16 heavy (non-hydrogen) atoms. The monoisotopic (exact) mass is 224 g/mol. The predicted octanol–water partition coefficient (Wildman–Crippen LogP) is 3.06. The van der Waals surface area contributed by atoms with Crippen LogP contribution in [0.2, 0.25) is 0 Å². The van der Waals surface area contributed by atoms with Gasteiger partial charge in [-0.1, -0.05) is 13.8 Å². The van der Waals surface area contributed by atoms with Crippen molar-refractivity contribution < 1.29 is 14.2 Å². The lowest BCUT2D eigenvalue weighted by molar-refractivity contribution is -0.0324. The minimum Gasteiger partial charge on any atom is -0.487 e. The van der Waals surface area contributed by atoms with Crippen molar-refractivity contribution in [3.05, 3.63) is 29.6 Å². The average Bonchev–Trinajstić information content (AvgIpc) is 2.16. The maximum absolute atomic E-state index is 13.1.